The molecule has 0 bridgehead atoms. The van der Waals surface area contributed by atoms with Gasteiger partial charge >= 0.3 is 13.5 Å². The van der Waals surface area contributed by atoms with Gasteiger partial charge in [0, 0.05) is 47.0 Å². The van der Waals surface area contributed by atoms with Crippen molar-refractivity contribution in [3.05, 3.63) is 90.3 Å². The Morgan fingerprint density at radius 1 is 0.816 bits per heavy atom. The first-order chi connectivity index (χ1) is 23.5. The molecule has 3 aromatic carbocycles. The van der Waals surface area contributed by atoms with Gasteiger partial charge in [-0.05, 0) is 54.6 Å². The summed E-state index contributed by atoms with van der Waals surface area (Å²) in [6.45, 7) is 1.48. The molecule has 4 aromatic rings. The third kappa shape index (κ3) is 11.8. The van der Waals surface area contributed by atoms with Crippen LogP contribution >= 0.6 is 0 Å². The molecule has 5 N–H and O–H groups in total. The van der Waals surface area contributed by atoms with Crippen LogP contribution in [0.5, 0.6) is 11.5 Å². The molecule has 1 aromatic heterocycles. The SMILES string of the molecule is COc1ccc(C(=O)NCCOCCOCCNC(=O)c2cccc(-c3cc(Nc4ccc(OC(F)(F)F)cc4)ncn3)c2)cc1B(O)O. The first-order valence-electron chi connectivity index (χ1n) is 14.8. The number of ether oxygens (including phenoxy) is 4. The second-order valence-electron chi connectivity index (χ2n) is 10.1. The molecule has 0 aliphatic rings. The lowest BCUT2D eigenvalue weighted by atomic mass is 9.78. The van der Waals surface area contributed by atoms with Crippen molar-refractivity contribution < 1.29 is 51.8 Å². The molecule has 0 radical (unpaired) electrons. The molecule has 17 heteroatoms. The summed E-state index contributed by atoms with van der Waals surface area (Å²) in [5.41, 5.74) is 2.37. The smallest absolute Gasteiger partial charge is 0.497 e. The Morgan fingerprint density at radius 2 is 1.47 bits per heavy atom. The van der Waals surface area contributed by atoms with Crippen molar-refractivity contribution in [3.63, 3.8) is 0 Å². The van der Waals surface area contributed by atoms with Gasteiger partial charge in [0.15, 0.2) is 0 Å². The van der Waals surface area contributed by atoms with Gasteiger partial charge in [0.25, 0.3) is 11.8 Å². The Balaban J connectivity index is 1.13. The van der Waals surface area contributed by atoms with Gasteiger partial charge in [-0.2, -0.15) is 0 Å². The lowest BCUT2D eigenvalue weighted by Crippen LogP contribution is -2.33. The van der Waals surface area contributed by atoms with E-state index in [4.69, 9.17) is 14.2 Å². The van der Waals surface area contributed by atoms with Gasteiger partial charge in [-0.25, -0.2) is 9.97 Å². The van der Waals surface area contributed by atoms with Crippen molar-refractivity contribution in [3.8, 4) is 22.8 Å². The molecule has 49 heavy (non-hydrogen) atoms. The molecule has 0 spiro atoms. The van der Waals surface area contributed by atoms with Crippen LogP contribution in [0.4, 0.5) is 24.7 Å². The highest BCUT2D eigenvalue weighted by Crippen LogP contribution is 2.26. The topological polar surface area (TPSA) is 173 Å². The van der Waals surface area contributed by atoms with E-state index in [1.165, 1.54) is 55.9 Å². The zero-order valence-electron chi connectivity index (χ0n) is 26.2. The predicted octanol–water partition coefficient (Wildman–Crippen LogP) is 2.67. The quantitative estimate of drug-likeness (QED) is 0.0819. The van der Waals surface area contributed by atoms with Crippen LogP contribution in [0.1, 0.15) is 20.7 Å². The van der Waals surface area contributed by atoms with E-state index in [0.717, 1.165) is 0 Å². The first kappa shape index (κ1) is 36.6. The Morgan fingerprint density at radius 3 is 2.08 bits per heavy atom. The fourth-order valence-corrected chi connectivity index (χ4v) is 4.37. The number of halogens is 3. The van der Waals surface area contributed by atoms with E-state index in [9.17, 15) is 32.8 Å². The molecule has 0 aliphatic carbocycles. The molecule has 13 nitrogen and oxygen atoms in total. The van der Waals surface area contributed by atoms with E-state index in [0.29, 0.717) is 28.3 Å². The summed E-state index contributed by atoms with van der Waals surface area (Å²) in [4.78, 5) is 33.4. The standard InChI is InChI=1S/C32H33BF3N5O8/c1-46-28-10-5-23(18-26(28)33(44)45)31(43)38-12-14-48-16-15-47-13-11-37-30(42)22-4-2-3-21(17-22)27-19-29(40-20-39-27)41-24-6-8-25(9-7-24)49-32(34,35)36/h2-10,17-20,44-45H,11-16H2,1H3,(H,37,42)(H,38,43)(H,39,40,41). The molecule has 0 unspecified atom stereocenters. The number of aromatic nitrogens is 2. The van der Waals surface area contributed by atoms with Crippen LogP contribution in [0.2, 0.25) is 0 Å². The second-order valence-corrected chi connectivity index (χ2v) is 10.1. The first-order valence-corrected chi connectivity index (χ1v) is 14.8. The van der Waals surface area contributed by atoms with Gasteiger partial charge in [-0.1, -0.05) is 12.1 Å². The molecular formula is C32H33BF3N5O8. The summed E-state index contributed by atoms with van der Waals surface area (Å²) in [5, 5.41) is 27.4. The maximum atomic E-state index is 12.7. The van der Waals surface area contributed by atoms with E-state index in [1.807, 2.05) is 0 Å². The van der Waals surface area contributed by atoms with Crippen LogP contribution in [0.3, 0.4) is 0 Å². The number of hydrogen-bond acceptors (Lipinski definition) is 11. The van der Waals surface area contributed by atoms with Gasteiger partial charge in [0.1, 0.15) is 23.6 Å². The number of hydrogen-bond donors (Lipinski definition) is 5. The lowest BCUT2D eigenvalue weighted by molar-refractivity contribution is -0.274. The number of carbonyl (C=O) groups excluding carboxylic acids is 2. The lowest BCUT2D eigenvalue weighted by Gasteiger charge is -2.11. The zero-order valence-corrected chi connectivity index (χ0v) is 26.2. The fraction of sp³-hybridized carbons (Fsp3) is 0.250. The van der Waals surface area contributed by atoms with Crippen LogP contribution in [0.15, 0.2) is 79.1 Å². The minimum absolute atomic E-state index is 0.0792. The minimum Gasteiger partial charge on any atom is -0.497 e. The van der Waals surface area contributed by atoms with Gasteiger partial charge in [0.05, 0.1) is 39.2 Å². The summed E-state index contributed by atoms with van der Waals surface area (Å²) < 4.78 is 57.1. The van der Waals surface area contributed by atoms with Crippen molar-refractivity contribution >= 4 is 35.9 Å². The average Bonchev–Trinajstić information content (AvgIpc) is 3.09. The molecule has 4 rings (SSSR count). The van der Waals surface area contributed by atoms with Crippen LogP contribution in [0.25, 0.3) is 11.3 Å². The molecule has 258 valence electrons. The Kier molecular flexibility index (Phi) is 13.3. The molecule has 0 atom stereocenters. The van der Waals surface area contributed by atoms with Crippen LogP contribution in [-0.4, -0.2) is 91.9 Å². The van der Waals surface area contributed by atoms with E-state index in [-0.39, 0.29) is 67.9 Å². The summed E-state index contributed by atoms with van der Waals surface area (Å²) in [6.07, 6.45) is -3.45. The number of anilines is 2. The summed E-state index contributed by atoms with van der Waals surface area (Å²) in [6, 6.07) is 18.0. The van der Waals surface area contributed by atoms with Crippen LogP contribution in [-0.2, 0) is 9.47 Å². The number of nitrogens with one attached hydrogen (secondary N) is 3. The van der Waals surface area contributed by atoms with Crippen LogP contribution in [0, 0.1) is 0 Å². The van der Waals surface area contributed by atoms with Gasteiger partial charge in [0.2, 0.25) is 0 Å². The van der Waals surface area contributed by atoms with Crippen molar-refractivity contribution in [1.29, 1.82) is 0 Å². The summed E-state index contributed by atoms with van der Waals surface area (Å²) in [5.74, 6) is -0.424. The van der Waals surface area contributed by atoms with Crippen molar-refractivity contribution in [2.24, 2.45) is 0 Å². The van der Waals surface area contributed by atoms with Crippen molar-refractivity contribution in [2.75, 3.05) is 51.9 Å². The molecule has 0 saturated heterocycles. The highest BCUT2D eigenvalue weighted by molar-refractivity contribution is 6.59. The Hall–Kier alpha value is -5.23. The van der Waals surface area contributed by atoms with Gasteiger partial charge in [-0.3, -0.25) is 9.59 Å². The van der Waals surface area contributed by atoms with Gasteiger partial charge < -0.3 is 44.9 Å². The van der Waals surface area contributed by atoms with Crippen molar-refractivity contribution in [1.82, 2.24) is 20.6 Å². The minimum atomic E-state index is -4.78. The summed E-state index contributed by atoms with van der Waals surface area (Å²) >= 11 is 0. The highest BCUT2D eigenvalue weighted by atomic mass is 19.4. The van der Waals surface area contributed by atoms with Crippen molar-refractivity contribution in [2.45, 2.75) is 6.36 Å². The van der Waals surface area contributed by atoms with E-state index in [2.05, 4.69) is 30.7 Å². The van der Waals surface area contributed by atoms with Gasteiger partial charge in [-0.15, -0.1) is 13.2 Å². The average molecular weight is 683 g/mol. The molecular weight excluding hydrogens is 650 g/mol. The van der Waals surface area contributed by atoms with Crippen LogP contribution < -0.4 is 30.9 Å². The maximum absolute atomic E-state index is 12.7. The molecule has 2 amide bonds. The van der Waals surface area contributed by atoms with E-state index < -0.39 is 19.4 Å². The maximum Gasteiger partial charge on any atom is 0.573 e. The van der Waals surface area contributed by atoms with E-state index in [1.54, 1.807) is 30.3 Å². The molecule has 1 heterocycles. The second kappa shape index (κ2) is 17.8. The number of alkyl halides is 3. The third-order valence-electron chi connectivity index (χ3n) is 6.65. The number of nitrogens with zero attached hydrogens (tertiary/aromatic N) is 2. The summed E-state index contributed by atoms with van der Waals surface area (Å²) in [7, 11) is -0.395. The monoisotopic (exact) mass is 683 g/mol. The Bertz CT molecular complexity index is 1700. The number of benzene rings is 3. The largest absolute Gasteiger partial charge is 0.573 e. The fourth-order valence-electron chi connectivity index (χ4n) is 4.37. The molecule has 0 aliphatic heterocycles. The number of amides is 2. The molecule has 0 fully saturated rings. The zero-order chi connectivity index (χ0) is 35.2. The third-order valence-corrected chi connectivity index (χ3v) is 6.65. The predicted molar refractivity (Wildman–Crippen MR) is 173 cm³/mol. The number of carbonyl (C=O) groups is 2. The number of rotatable bonds is 17. The Labute approximate surface area is 279 Å². The highest BCUT2D eigenvalue weighted by Gasteiger charge is 2.31. The normalized spacial score (nSPS) is 11.1. The molecule has 0 saturated carbocycles. The number of methoxy groups -OCH3 is 1. The van der Waals surface area contributed by atoms with E-state index >= 15 is 0 Å².